The lowest BCUT2D eigenvalue weighted by molar-refractivity contribution is 0.982. The van der Waals surface area contributed by atoms with Gasteiger partial charge in [0.1, 0.15) is 0 Å². The van der Waals surface area contributed by atoms with Crippen LogP contribution in [-0.4, -0.2) is 9.13 Å². The Morgan fingerprint density at radius 2 is 0.895 bits per heavy atom. The number of thiophene rings is 2. The van der Waals surface area contributed by atoms with Crippen LogP contribution in [0.15, 0.2) is 84.9 Å². The average Bonchev–Trinajstić information content (AvgIpc) is 3.68. The molecule has 0 N–H and O–H groups in total. The quantitative estimate of drug-likeness (QED) is 0.198. The Morgan fingerprint density at radius 1 is 0.447 bits per heavy atom. The molecule has 4 aromatic heterocycles. The van der Waals surface area contributed by atoms with Crippen LogP contribution in [0, 0.1) is 13.8 Å². The monoisotopic (exact) mass is 526 g/mol. The Morgan fingerprint density at radius 3 is 1.29 bits per heavy atom. The molecule has 38 heavy (non-hydrogen) atoms. The van der Waals surface area contributed by atoms with Crippen LogP contribution in [0.5, 0.6) is 0 Å². The summed E-state index contributed by atoms with van der Waals surface area (Å²) in [7, 11) is 4.37. The molecule has 2 nitrogen and oxygen atoms in total. The molecule has 0 bridgehead atoms. The van der Waals surface area contributed by atoms with Crippen molar-refractivity contribution in [3.8, 4) is 21.1 Å². The maximum absolute atomic E-state index is 2.39. The van der Waals surface area contributed by atoms with Crippen LogP contribution in [0.25, 0.3) is 75.3 Å². The van der Waals surface area contributed by atoms with E-state index in [0.29, 0.717) is 0 Å². The summed E-state index contributed by atoms with van der Waals surface area (Å²) in [5, 5.41) is 10.4. The normalized spacial score (nSPS) is 12.2. The van der Waals surface area contributed by atoms with Crippen molar-refractivity contribution >= 4 is 76.8 Å². The lowest BCUT2D eigenvalue weighted by Crippen LogP contribution is -1.90. The van der Waals surface area contributed by atoms with Crippen LogP contribution in [0.1, 0.15) is 9.75 Å². The Hall–Kier alpha value is -3.86. The Bertz CT molecular complexity index is 2070. The van der Waals surface area contributed by atoms with Gasteiger partial charge in [0.05, 0.1) is 21.1 Å². The summed E-state index contributed by atoms with van der Waals surface area (Å²) >= 11 is 3.72. The maximum Gasteiger partial charge on any atom is 0.0590 e. The molecule has 4 heterocycles. The number of hydrogen-bond acceptors (Lipinski definition) is 2. The fourth-order valence-electron chi connectivity index (χ4n) is 6.16. The van der Waals surface area contributed by atoms with Gasteiger partial charge in [-0.2, -0.15) is 0 Å². The van der Waals surface area contributed by atoms with Crippen LogP contribution in [0.2, 0.25) is 0 Å². The molecule has 0 aliphatic heterocycles. The highest BCUT2D eigenvalue weighted by Gasteiger charge is 2.15. The molecular formula is C34H26N2S2. The third kappa shape index (κ3) is 3.11. The molecule has 0 unspecified atom stereocenters. The molecule has 4 aromatic carbocycles. The van der Waals surface area contributed by atoms with Crippen molar-refractivity contribution in [3.63, 3.8) is 0 Å². The van der Waals surface area contributed by atoms with Crippen molar-refractivity contribution in [2.24, 2.45) is 14.1 Å². The summed E-state index contributed by atoms with van der Waals surface area (Å²) in [5.41, 5.74) is 5.12. The molecule has 0 saturated heterocycles. The summed E-state index contributed by atoms with van der Waals surface area (Å²) in [6.45, 7) is 4.35. The Labute approximate surface area is 229 Å². The van der Waals surface area contributed by atoms with Crippen LogP contribution < -0.4 is 0 Å². The maximum atomic E-state index is 2.39. The SMILES string of the molecule is Cc1ccc(-c2cc3cc4c(ccc5c6cc7cc(-c8ccc(C)s8)n(C)c7cc6ccc45)cc3n2C)s1. The molecule has 184 valence electrons. The average molecular weight is 527 g/mol. The summed E-state index contributed by atoms with van der Waals surface area (Å²) in [6.07, 6.45) is 0. The summed E-state index contributed by atoms with van der Waals surface area (Å²) < 4.78 is 4.67. The van der Waals surface area contributed by atoms with Crippen LogP contribution in [0.4, 0.5) is 0 Å². The summed E-state index contributed by atoms with van der Waals surface area (Å²) in [5.74, 6) is 0. The van der Waals surface area contributed by atoms with Crippen molar-refractivity contribution in [1.29, 1.82) is 0 Å². The fraction of sp³-hybridized carbons (Fsp3) is 0.118. The zero-order chi connectivity index (χ0) is 25.7. The predicted octanol–water partition coefficient (Wildman–Crippen LogP) is 10.2. The number of aromatic nitrogens is 2. The molecule has 8 rings (SSSR count). The largest absolute Gasteiger partial charge is 0.343 e. The number of fused-ring (bicyclic) bond motifs is 7. The minimum Gasteiger partial charge on any atom is -0.343 e. The van der Waals surface area contributed by atoms with Gasteiger partial charge in [0.2, 0.25) is 0 Å². The van der Waals surface area contributed by atoms with Gasteiger partial charge in [-0.15, -0.1) is 22.7 Å². The van der Waals surface area contributed by atoms with E-state index in [9.17, 15) is 0 Å². The van der Waals surface area contributed by atoms with Gasteiger partial charge in [-0.25, -0.2) is 0 Å². The van der Waals surface area contributed by atoms with Gasteiger partial charge in [-0.3, -0.25) is 0 Å². The summed E-state index contributed by atoms with van der Waals surface area (Å²) in [6, 6.07) is 32.3. The van der Waals surface area contributed by atoms with E-state index in [-0.39, 0.29) is 0 Å². The van der Waals surface area contributed by atoms with E-state index >= 15 is 0 Å². The van der Waals surface area contributed by atoms with Crippen LogP contribution in [0.3, 0.4) is 0 Å². The molecule has 0 aliphatic carbocycles. The van der Waals surface area contributed by atoms with Crippen molar-refractivity contribution in [3.05, 3.63) is 94.7 Å². The van der Waals surface area contributed by atoms with E-state index in [2.05, 4.69) is 122 Å². The van der Waals surface area contributed by atoms with E-state index < -0.39 is 0 Å². The second-order valence-electron chi connectivity index (χ2n) is 10.5. The van der Waals surface area contributed by atoms with Gasteiger partial charge < -0.3 is 9.13 Å². The molecule has 8 aromatic rings. The highest BCUT2D eigenvalue weighted by Crippen LogP contribution is 2.39. The van der Waals surface area contributed by atoms with Crippen molar-refractivity contribution < 1.29 is 0 Å². The van der Waals surface area contributed by atoms with E-state index in [1.54, 1.807) is 0 Å². The zero-order valence-corrected chi connectivity index (χ0v) is 23.4. The first-order valence-corrected chi connectivity index (χ1v) is 14.6. The van der Waals surface area contributed by atoms with Gasteiger partial charge in [-0.1, -0.05) is 24.3 Å². The van der Waals surface area contributed by atoms with Crippen molar-refractivity contribution in [2.45, 2.75) is 13.8 Å². The van der Waals surface area contributed by atoms with E-state index in [4.69, 9.17) is 0 Å². The number of benzene rings is 4. The van der Waals surface area contributed by atoms with E-state index in [1.807, 2.05) is 22.7 Å². The standard InChI is InChI=1S/C34H26N2S2/c1-19-5-11-33(37-19)31-17-23-13-27-21(15-29(23)35(31)3)7-9-26-25(27)10-8-22-16-30-24(14-28(22)26)18-32(36(30)4)34-12-6-20(2)38-34/h5-18H,1-4H3. The fourth-order valence-corrected chi connectivity index (χ4v) is 8.00. The highest BCUT2D eigenvalue weighted by molar-refractivity contribution is 7.15. The first-order valence-electron chi connectivity index (χ1n) is 13.0. The van der Waals surface area contributed by atoms with Crippen LogP contribution in [-0.2, 0) is 14.1 Å². The molecule has 0 fully saturated rings. The van der Waals surface area contributed by atoms with Gasteiger partial charge in [0, 0.05) is 45.7 Å². The molecule has 0 aliphatic rings. The first-order chi connectivity index (χ1) is 18.4. The number of rotatable bonds is 2. The van der Waals surface area contributed by atoms with Crippen molar-refractivity contribution in [2.75, 3.05) is 0 Å². The summed E-state index contributed by atoms with van der Waals surface area (Å²) in [4.78, 5) is 5.34. The van der Waals surface area contributed by atoms with Gasteiger partial charge in [0.25, 0.3) is 0 Å². The molecule has 0 spiro atoms. The minimum atomic E-state index is 1.28. The third-order valence-corrected chi connectivity index (χ3v) is 10.2. The second-order valence-corrected chi connectivity index (χ2v) is 13.1. The number of hydrogen-bond donors (Lipinski definition) is 0. The van der Waals surface area contributed by atoms with Gasteiger partial charge >= 0.3 is 0 Å². The van der Waals surface area contributed by atoms with Crippen molar-refractivity contribution in [1.82, 2.24) is 9.13 Å². The van der Waals surface area contributed by atoms with E-state index in [0.717, 1.165) is 0 Å². The lowest BCUT2D eigenvalue weighted by Gasteiger charge is -2.10. The molecule has 0 amide bonds. The van der Waals surface area contributed by atoms with Gasteiger partial charge in [-0.05, 0) is 107 Å². The smallest absolute Gasteiger partial charge is 0.0590 e. The molecular weight excluding hydrogens is 501 g/mol. The predicted molar refractivity (Wildman–Crippen MR) is 168 cm³/mol. The Balaban J connectivity index is 1.36. The topological polar surface area (TPSA) is 9.86 Å². The molecule has 0 saturated carbocycles. The number of aryl methyl sites for hydroxylation is 4. The molecule has 4 heteroatoms. The van der Waals surface area contributed by atoms with Gasteiger partial charge in [0.15, 0.2) is 0 Å². The highest BCUT2D eigenvalue weighted by atomic mass is 32.1. The Kier molecular flexibility index (Phi) is 4.56. The van der Waals surface area contributed by atoms with Crippen LogP contribution >= 0.6 is 22.7 Å². The lowest BCUT2D eigenvalue weighted by atomic mass is 9.95. The second kappa shape index (κ2) is 7.83. The molecule has 0 atom stereocenters. The number of nitrogens with zero attached hydrogens (tertiary/aromatic N) is 2. The zero-order valence-electron chi connectivity index (χ0n) is 21.8. The van der Waals surface area contributed by atoms with E-state index in [1.165, 1.54) is 85.0 Å². The minimum absolute atomic E-state index is 1.28. The first kappa shape index (κ1) is 22.2. The third-order valence-electron chi connectivity index (χ3n) is 8.14. The molecule has 0 radical (unpaired) electrons.